The summed E-state index contributed by atoms with van der Waals surface area (Å²) in [5.74, 6) is -1.71. The molecule has 0 bridgehead atoms. The van der Waals surface area contributed by atoms with Crippen LogP contribution in [0, 0.1) is 11.6 Å². The number of rotatable bonds is 3. The number of aryl methyl sites for hydroxylation is 1. The number of halogens is 3. The molecule has 0 aromatic heterocycles. The van der Waals surface area contributed by atoms with Gasteiger partial charge in [0.2, 0.25) is 5.91 Å². The van der Waals surface area contributed by atoms with Crippen molar-refractivity contribution >= 4 is 18.3 Å². The zero-order valence-corrected chi connectivity index (χ0v) is 12.2. The van der Waals surface area contributed by atoms with Crippen LogP contribution in [0.2, 0.25) is 0 Å². The van der Waals surface area contributed by atoms with Crippen LogP contribution in [0.5, 0.6) is 0 Å². The van der Waals surface area contributed by atoms with Crippen molar-refractivity contribution < 1.29 is 13.6 Å². The number of carbonyl (C=O) groups excluding carboxylic acids is 1. The van der Waals surface area contributed by atoms with Crippen molar-refractivity contribution in [2.45, 2.75) is 25.8 Å². The molecule has 1 aromatic carbocycles. The quantitative estimate of drug-likeness (QED) is 0.928. The van der Waals surface area contributed by atoms with Crippen molar-refractivity contribution in [3.8, 4) is 0 Å². The van der Waals surface area contributed by atoms with E-state index >= 15 is 0 Å². The summed E-state index contributed by atoms with van der Waals surface area (Å²) in [5, 5.41) is 3.21. The van der Waals surface area contributed by atoms with Crippen LogP contribution in [0.4, 0.5) is 8.78 Å². The number of benzene rings is 1. The smallest absolute Gasteiger partial charge is 0.223 e. The van der Waals surface area contributed by atoms with Crippen molar-refractivity contribution in [2.24, 2.45) is 0 Å². The van der Waals surface area contributed by atoms with E-state index in [2.05, 4.69) is 5.32 Å². The minimum Gasteiger partial charge on any atom is -0.337 e. The highest BCUT2D eigenvalue weighted by atomic mass is 35.5. The van der Waals surface area contributed by atoms with E-state index < -0.39 is 11.6 Å². The van der Waals surface area contributed by atoms with Gasteiger partial charge in [0, 0.05) is 32.1 Å². The molecule has 0 spiro atoms. The molecule has 1 amide bonds. The van der Waals surface area contributed by atoms with Crippen LogP contribution in [0.15, 0.2) is 18.2 Å². The van der Waals surface area contributed by atoms with Gasteiger partial charge in [0.05, 0.1) is 0 Å². The van der Waals surface area contributed by atoms with Gasteiger partial charge in [0.1, 0.15) is 0 Å². The van der Waals surface area contributed by atoms with E-state index in [-0.39, 0.29) is 42.8 Å². The molecule has 3 nitrogen and oxygen atoms in total. The maximum absolute atomic E-state index is 13.5. The summed E-state index contributed by atoms with van der Waals surface area (Å²) < 4.78 is 26.5. The van der Waals surface area contributed by atoms with Crippen molar-refractivity contribution in [3.05, 3.63) is 35.4 Å². The van der Waals surface area contributed by atoms with Crippen LogP contribution in [0.3, 0.4) is 0 Å². The predicted molar refractivity (Wildman–Crippen MR) is 76.0 cm³/mol. The van der Waals surface area contributed by atoms with E-state index in [1.807, 2.05) is 6.92 Å². The molecule has 1 fully saturated rings. The molecule has 1 aliphatic rings. The van der Waals surface area contributed by atoms with Gasteiger partial charge in [0.15, 0.2) is 11.6 Å². The second-order valence-corrected chi connectivity index (χ2v) is 4.85. The molecule has 1 unspecified atom stereocenters. The molecule has 1 heterocycles. The molecule has 0 radical (unpaired) electrons. The fraction of sp³-hybridized carbons (Fsp3) is 0.500. The van der Waals surface area contributed by atoms with Gasteiger partial charge in [-0.15, -0.1) is 12.4 Å². The van der Waals surface area contributed by atoms with E-state index in [1.54, 1.807) is 4.90 Å². The van der Waals surface area contributed by atoms with Crippen molar-refractivity contribution in [2.75, 3.05) is 19.6 Å². The fourth-order valence-electron chi connectivity index (χ4n) is 2.34. The van der Waals surface area contributed by atoms with Crippen LogP contribution in [0.25, 0.3) is 0 Å². The molecule has 1 aliphatic heterocycles. The van der Waals surface area contributed by atoms with Crippen LogP contribution >= 0.6 is 12.4 Å². The first kappa shape index (κ1) is 16.9. The first-order chi connectivity index (χ1) is 9.09. The summed E-state index contributed by atoms with van der Waals surface area (Å²) >= 11 is 0. The zero-order chi connectivity index (χ0) is 13.8. The van der Waals surface area contributed by atoms with E-state index in [0.717, 1.165) is 19.2 Å². The van der Waals surface area contributed by atoms with Gasteiger partial charge in [-0.3, -0.25) is 4.79 Å². The van der Waals surface area contributed by atoms with Crippen LogP contribution in [-0.2, 0) is 11.2 Å². The number of nitrogens with zero attached hydrogens (tertiary/aromatic N) is 1. The summed E-state index contributed by atoms with van der Waals surface area (Å²) in [5.41, 5.74) is 0.260. The average molecular weight is 305 g/mol. The summed E-state index contributed by atoms with van der Waals surface area (Å²) in [6.45, 7) is 4.21. The fourth-order valence-corrected chi connectivity index (χ4v) is 2.34. The number of amides is 1. The lowest BCUT2D eigenvalue weighted by Gasteiger charge is -2.34. The van der Waals surface area contributed by atoms with Gasteiger partial charge < -0.3 is 10.2 Å². The average Bonchev–Trinajstić information content (AvgIpc) is 2.40. The third kappa shape index (κ3) is 3.90. The highest BCUT2D eigenvalue weighted by Crippen LogP contribution is 2.14. The van der Waals surface area contributed by atoms with Gasteiger partial charge in [-0.25, -0.2) is 8.78 Å². The predicted octanol–water partition coefficient (Wildman–Crippen LogP) is 2.14. The van der Waals surface area contributed by atoms with E-state index in [1.165, 1.54) is 12.1 Å². The molecule has 2 rings (SSSR count). The largest absolute Gasteiger partial charge is 0.337 e. The summed E-state index contributed by atoms with van der Waals surface area (Å²) in [7, 11) is 0. The van der Waals surface area contributed by atoms with Gasteiger partial charge in [0.25, 0.3) is 0 Å². The third-order valence-electron chi connectivity index (χ3n) is 3.46. The number of carbonyl (C=O) groups is 1. The van der Waals surface area contributed by atoms with Crippen LogP contribution in [-0.4, -0.2) is 36.5 Å². The number of nitrogens with one attached hydrogen (secondary N) is 1. The second kappa shape index (κ2) is 7.55. The maximum Gasteiger partial charge on any atom is 0.223 e. The van der Waals surface area contributed by atoms with Gasteiger partial charge in [-0.1, -0.05) is 12.1 Å². The molecular weight excluding hydrogens is 286 g/mol. The van der Waals surface area contributed by atoms with E-state index in [0.29, 0.717) is 6.54 Å². The Balaban J connectivity index is 0.00000200. The van der Waals surface area contributed by atoms with Crippen molar-refractivity contribution in [1.82, 2.24) is 10.2 Å². The highest BCUT2D eigenvalue weighted by molar-refractivity contribution is 5.85. The Morgan fingerprint density at radius 2 is 2.20 bits per heavy atom. The summed E-state index contributed by atoms with van der Waals surface area (Å²) in [4.78, 5) is 13.9. The maximum atomic E-state index is 13.5. The van der Waals surface area contributed by atoms with Crippen molar-refractivity contribution in [1.29, 1.82) is 0 Å². The molecular formula is C14H19ClF2N2O. The Hall–Kier alpha value is -1.20. The van der Waals surface area contributed by atoms with Gasteiger partial charge >= 0.3 is 0 Å². The minimum absolute atomic E-state index is 0. The SMILES string of the molecule is CC1CNCCN1C(=O)CCc1cccc(F)c1F.Cl. The van der Waals surface area contributed by atoms with E-state index in [4.69, 9.17) is 0 Å². The zero-order valence-electron chi connectivity index (χ0n) is 11.4. The molecule has 0 aliphatic carbocycles. The Kier molecular flexibility index (Phi) is 6.36. The molecule has 1 aromatic rings. The Labute approximate surface area is 123 Å². The molecule has 1 N–H and O–H groups in total. The molecule has 20 heavy (non-hydrogen) atoms. The Morgan fingerprint density at radius 1 is 1.45 bits per heavy atom. The summed E-state index contributed by atoms with van der Waals surface area (Å²) in [6, 6.07) is 4.22. The second-order valence-electron chi connectivity index (χ2n) is 4.85. The first-order valence-electron chi connectivity index (χ1n) is 6.52. The standard InChI is InChI=1S/C14H18F2N2O.ClH/c1-10-9-17-7-8-18(10)13(19)6-5-11-3-2-4-12(15)14(11)16;/h2-4,10,17H,5-9H2,1H3;1H. The molecule has 0 saturated carbocycles. The van der Waals surface area contributed by atoms with Gasteiger partial charge in [-0.05, 0) is 25.0 Å². The van der Waals surface area contributed by atoms with E-state index in [9.17, 15) is 13.6 Å². The topological polar surface area (TPSA) is 32.3 Å². The Morgan fingerprint density at radius 3 is 2.90 bits per heavy atom. The monoisotopic (exact) mass is 304 g/mol. The van der Waals surface area contributed by atoms with Crippen molar-refractivity contribution in [3.63, 3.8) is 0 Å². The Bertz CT molecular complexity index is 470. The lowest BCUT2D eigenvalue weighted by atomic mass is 10.1. The normalized spacial score (nSPS) is 18.6. The lowest BCUT2D eigenvalue weighted by Crippen LogP contribution is -2.52. The van der Waals surface area contributed by atoms with Gasteiger partial charge in [-0.2, -0.15) is 0 Å². The van der Waals surface area contributed by atoms with Crippen LogP contribution < -0.4 is 5.32 Å². The third-order valence-corrected chi connectivity index (χ3v) is 3.46. The molecule has 112 valence electrons. The highest BCUT2D eigenvalue weighted by Gasteiger charge is 2.22. The number of piperazine rings is 1. The number of hydrogen-bond donors (Lipinski definition) is 1. The molecule has 6 heteroatoms. The number of hydrogen-bond acceptors (Lipinski definition) is 2. The molecule has 1 saturated heterocycles. The minimum atomic E-state index is -0.861. The lowest BCUT2D eigenvalue weighted by molar-refractivity contribution is -0.133. The molecule has 1 atom stereocenters. The first-order valence-corrected chi connectivity index (χ1v) is 6.52. The van der Waals surface area contributed by atoms with Crippen LogP contribution in [0.1, 0.15) is 18.9 Å². The summed E-state index contributed by atoms with van der Waals surface area (Å²) in [6.07, 6.45) is 0.448.